The van der Waals surface area contributed by atoms with E-state index >= 15 is 0 Å². The lowest BCUT2D eigenvalue weighted by atomic mass is 9.92. The van der Waals surface area contributed by atoms with Crippen LogP contribution < -0.4 is 10.6 Å². The van der Waals surface area contributed by atoms with Crippen LogP contribution in [0.2, 0.25) is 0 Å². The molecule has 0 bridgehead atoms. The second kappa shape index (κ2) is 18.9. The summed E-state index contributed by atoms with van der Waals surface area (Å²) in [4.78, 5) is 42.3. The van der Waals surface area contributed by atoms with Crippen molar-refractivity contribution in [2.24, 2.45) is 0 Å². The Bertz CT molecular complexity index is 2840. The number of nitrogens with zero attached hydrogens (tertiary/aromatic N) is 4. The topological polar surface area (TPSA) is 150 Å². The van der Waals surface area contributed by atoms with Gasteiger partial charge in [-0.05, 0) is 110 Å². The molecule has 2 aliphatic carbocycles. The standard InChI is InChI=1S/2C26H24FN3O2S/c2*1-16(13-23(31)32)28-15-17-7-8-19(20(27)14-17)24-29-21-9-10-22(30-25(21)33-24)26(11-12-26)18-5-3-2-4-6-18/h2*2-10,14,16,28H,11-13,15H2,1H3,(H,31,32)/t2*16-/m10/s1. The number of aliphatic carboxylic acids is 2. The molecule has 336 valence electrons. The highest BCUT2D eigenvalue weighted by molar-refractivity contribution is 7.21. The highest BCUT2D eigenvalue weighted by Crippen LogP contribution is 2.54. The summed E-state index contributed by atoms with van der Waals surface area (Å²) in [5.41, 5.74) is 8.60. The molecule has 4 N–H and O–H groups in total. The molecule has 8 aromatic rings. The highest BCUT2D eigenvalue weighted by atomic mass is 32.1. The number of carbonyl (C=O) groups is 2. The summed E-state index contributed by atoms with van der Waals surface area (Å²) in [7, 11) is 0. The highest BCUT2D eigenvalue weighted by Gasteiger charge is 2.48. The van der Waals surface area contributed by atoms with E-state index in [9.17, 15) is 18.4 Å². The number of hydrogen-bond acceptors (Lipinski definition) is 10. The molecule has 0 unspecified atom stereocenters. The van der Waals surface area contributed by atoms with E-state index in [2.05, 4.69) is 81.3 Å². The minimum Gasteiger partial charge on any atom is -0.481 e. The van der Waals surface area contributed by atoms with E-state index in [4.69, 9.17) is 20.2 Å². The molecular formula is C52H48F2N6O4S2. The Morgan fingerprint density at radius 1 is 0.576 bits per heavy atom. The number of carboxylic acids is 2. The van der Waals surface area contributed by atoms with Gasteiger partial charge in [0.25, 0.3) is 0 Å². The van der Waals surface area contributed by atoms with Crippen LogP contribution in [0.3, 0.4) is 0 Å². The van der Waals surface area contributed by atoms with Crippen LogP contribution in [0, 0.1) is 11.6 Å². The van der Waals surface area contributed by atoms with Gasteiger partial charge in [-0.3, -0.25) is 9.59 Å². The van der Waals surface area contributed by atoms with E-state index in [1.54, 1.807) is 26.0 Å². The van der Waals surface area contributed by atoms with Crippen molar-refractivity contribution < 1.29 is 28.6 Å². The third kappa shape index (κ3) is 9.78. The number of fused-ring (bicyclic) bond motifs is 2. The van der Waals surface area contributed by atoms with Crippen molar-refractivity contribution >= 4 is 55.3 Å². The molecule has 4 heterocycles. The van der Waals surface area contributed by atoms with Crippen molar-refractivity contribution in [1.82, 2.24) is 30.6 Å². The van der Waals surface area contributed by atoms with Gasteiger partial charge in [-0.1, -0.05) is 95.5 Å². The van der Waals surface area contributed by atoms with Crippen LogP contribution in [0.4, 0.5) is 8.78 Å². The Labute approximate surface area is 388 Å². The number of aromatic nitrogens is 4. The molecule has 14 heteroatoms. The zero-order valence-corrected chi connectivity index (χ0v) is 38.1. The maximum absolute atomic E-state index is 14.9. The zero-order chi connectivity index (χ0) is 46.0. The molecular weight excluding hydrogens is 875 g/mol. The SMILES string of the molecule is C[C@@H](CC(=O)O)NCc1ccc(-c2nc3ccc(C4(c5ccccc5)CC4)nc3s2)c(F)c1.C[C@H](CC(=O)O)NCc1ccc(-c2nc3ccc(C4(c5ccccc5)CC4)nc3s2)c(F)c1. The van der Waals surface area contributed by atoms with Crippen LogP contribution >= 0.6 is 22.7 Å². The minimum atomic E-state index is -0.861. The van der Waals surface area contributed by atoms with Gasteiger partial charge in [0.2, 0.25) is 0 Å². The molecule has 0 spiro atoms. The number of pyridine rings is 2. The van der Waals surface area contributed by atoms with Gasteiger partial charge in [-0.25, -0.2) is 28.7 Å². The van der Waals surface area contributed by atoms with Crippen molar-refractivity contribution in [1.29, 1.82) is 0 Å². The quantitative estimate of drug-likeness (QED) is 0.0737. The summed E-state index contributed by atoms with van der Waals surface area (Å²) in [6.45, 7) is 4.39. The molecule has 66 heavy (non-hydrogen) atoms. The van der Waals surface area contributed by atoms with Crippen molar-refractivity contribution in [2.75, 3.05) is 0 Å². The predicted octanol–water partition coefficient (Wildman–Crippen LogP) is 11.1. The molecule has 4 aromatic heterocycles. The number of rotatable bonds is 16. The largest absolute Gasteiger partial charge is 0.481 e. The summed E-state index contributed by atoms with van der Waals surface area (Å²) in [6, 6.07) is 38.7. The van der Waals surface area contributed by atoms with Crippen LogP contribution in [-0.2, 0) is 33.5 Å². The third-order valence-corrected chi connectivity index (χ3v) is 14.4. The second-order valence-corrected chi connectivity index (χ2v) is 19.3. The van der Waals surface area contributed by atoms with Gasteiger partial charge in [-0.15, -0.1) is 0 Å². The van der Waals surface area contributed by atoms with Crippen LogP contribution in [-0.4, -0.2) is 54.2 Å². The van der Waals surface area contributed by atoms with Crippen LogP contribution in [0.15, 0.2) is 121 Å². The van der Waals surface area contributed by atoms with E-state index in [0.29, 0.717) is 34.2 Å². The fraction of sp³-hybridized carbons (Fsp3) is 0.269. The molecule has 2 fully saturated rings. The Hall–Kier alpha value is -6.32. The van der Waals surface area contributed by atoms with Gasteiger partial charge in [-0.2, -0.15) is 0 Å². The fourth-order valence-electron chi connectivity index (χ4n) is 8.48. The molecule has 0 amide bonds. The first-order valence-electron chi connectivity index (χ1n) is 22.0. The van der Waals surface area contributed by atoms with Crippen molar-refractivity contribution in [3.8, 4) is 21.1 Å². The normalized spacial score (nSPS) is 15.5. The lowest BCUT2D eigenvalue weighted by Gasteiger charge is -2.14. The van der Waals surface area contributed by atoms with Gasteiger partial charge in [0, 0.05) is 47.1 Å². The van der Waals surface area contributed by atoms with E-state index in [-0.39, 0.29) is 47.4 Å². The van der Waals surface area contributed by atoms with E-state index in [1.165, 1.54) is 45.9 Å². The maximum Gasteiger partial charge on any atom is 0.304 e. The van der Waals surface area contributed by atoms with E-state index < -0.39 is 11.9 Å². The second-order valence-electron chi connectivity index (χ2n) is 17.4. The Morgan fingerprint density at radius 3 is 1.32 bits per heavy atom. The molecule has 10 rings (SSSR count). The van der Waals surface area contributed by atoms with Crippen LogP contribution in [0.25, 0.3) is 41.8 Å². The van der Waals surface area contributed by atoms with Crippen LogP contribution in [0.5, 0.6) is 0 Å². The van der Waals surface area contributed by atoms with E-state index in [1.807, 2.05) is 36.4 Å². The maximum atomic E-state index is 14.9. The summed E-state index contributed by atoms with van der Waals surface area (Å²) in [6.07, 6.45) is 4.36. The van der Waals surface area contributed by atoms with Gasteiger partial charge >= 0.3 is 11.9 Å². The number of carboxylic acid groups (broad SMARTS) is 2. The molecule has 2 atom stereocenters. The van der Waals surface area contributed by atoms with Crippen LogP contribution in [0.1, 0.15) is 86.0 Å². The number of halogens is 2. The average molecular weight is 923 g/mol. The molecule has 2 saturated carbocycles. The summed E-state index contributed by atoms with van der Waals surface area (Å²) >= 11 is 2.81. The minimum absolute atomic E-state index is 0.0166. The predicted molar refractivity (Wildman–Crippen MR) is 256 cm³/mol. The number of nitrogens with one attached hydrogen (secondary N) is 2. The van der Waals surface area contributed by atoms with E-state index in [0.717, 1.165) is 68.9 Å². The number of benzene rings is 4. The fourth-order valence-corrected chi connectivity index (χ4v) is 10.4. The molecule has 10 nitrogen and oxygen atoms in total. The molecule has 0 saturated heterocycles. The average Bonchev–Trinajstić information content (AvgIpc) is 4.22. The summed E-state index contributed by atoms with van der Waals surface area (Å²) < 4.78 is 29.8. The molecule has 0 aliphatic heterocycles. The lowest BCUT2D eigenvalue weighted by molar-refractivity contribution is -0.138. The van der Waals surface area contributed by atoms with Crippen molar-refractivity contribution in [3.63, 3.8) is 0 Å². The van der Waals surface area contributed by atoms with Gasteiger partial charge in [0.15, 0.2) is 0 Å². The van der Waals surface area contributed by atoms with Crippen molar-refractivity contribution in [3.05, 3.63) is 167 Å². The first-order valence-corrected chi connectivity index (χ1v) is 23.7. The number of hydrogen-bond donors (Lipinski definition) is 4. The molecule has 4 aromatic carbocycles. The summed E-state index contributed by atoms with van der Waals surface area (Å²) in [5, 5.41) is 25.1. The molecule has 2 aliphatic rings. The zero-order valence-electron chi connectivity index (χ0n) is 36.4. The Morgan fingerprint density at radius 2 is 0.970 bits per heavy atom. The first-order chi connectivity index (χ1) is 31.9. The third-order valence-electron chi connectivity index (χ3n) is 12.4. The van der Waals surface area contributed by atoms with Gasteiger partial charge in [0.1, 0.15) is 42.3 Å². The summed E-state index contributed by atoms with van der Waals surface area (Å²) in [5.74, 6) is -2.41. The Kier molecular flexibility index (Phi) is 12.8. The smallest absolute Gasteiger partial charge is 0.304 e. The van der Waals surface area contributed by atoms with Gasteiger partial charge < -0.3 is 20.8 Å². The van der Waals surface area contributed by atoms with Gasteiger partial charge in [0.05, 0.1) is 24.2 Å². The Balaban J connectivity index is 0.000000166. The molecule has 0 radical (unpaired) electrons. The number of thiazole rings is 2. The van der Waals surface area contributed by atoms with Crippen molar-refractivity contribution in [2.45, 2.75) is 88.4 Å². The monoisotopic (exact) mass is 922 g/mol. The lowest BCUT2D eigenvalue weighted by Crippen LogP contribution is -2.27. The first kappa shape index (κ1) is 44.9.